The highest BCUT2D eigenvalue weighted by Gasteiger charge is 2.19. The normalized spacial score (nSPS) is 13.2. The number of hydrogen-bond acceptors (Lipinski definition) is 3. The lowest BCUT2D eigenvalue weighted by atomic mass is 10.1. The van der Waals surface area contributed by atoms with Crippen molar-refractivity contribution in [3.05, 3.63) is 41.1 Å². The first-order valence-electron chi connectivity index (χ1n) is 6.82. The second-order valence-corrected chi connectivity index (χ2v) is 5.41. The summed E-state index contributed by atoms with van der Waals surface area (Å²) in [5.41, 5.74) is 3.08. The van der Waals surface area contributed by atoms with Crippen LogP contribution in [0.5, 0.6) is 0 Å². The Morgan fingerprint density at radius 2 is 2.14 bits per heavy atom. The average molecular weight is 284 g/mol. The van der Waals surface area contributed by atoms with Gasteiger partial charge in [0.05, 0.1) is 6.42 Å². The van der Waals surface area contributed by atoms with Crippen molar-refractivity contribution >= 4 is 23.3 Å². The number of H-pyrrole nitrogens is 1. The van der Waals surface area contributed by atoms with Crippen LogP contribution in [0.25, 0.3) is 0 Å². The number of nitrogens with one attached hydrogen (secondary N) is 3. The molecule has 6 heteroatoms. The minimum Gasteiger partial charge on any atom is -0.326 e. The van der Waals surface area contributed by atoms with Crippen molar-refractivity contribution in [1.29, 1.82) is 0 Å². The Kier molecular flexibility index (Phi) is 3.21. The van der Waals surface area contributed by atoms with Gasteiger partial charge in [0.15, 0.2) is 5.82 Å². The number of amides is 2. The van der Waals surface area contributed by atoms with E-state index in [-0.39, 0.29) is 11.8 Å². The molecule has 3 N–H and O–H groups in total. The zero-order valence-electron chi connectivity index (χ0n) is 11.9. The summed E-state index contributed by atoms with van der Waals surface area (Å²) in [7, 11) is 0. The first-order chi connectivity index (χ1) is 10.0. The lowest BCUT2D eigenvalue weighted by Crippen LogP contribution is -2.12. The molecule has 1 aromatic carbocycles. The zero-order chi connectivity index (χ0) is 15.0. The van der Waals surface area contributed by atoms with E-state index in [1.165, 1.54) is 0 Å². The van der Waals surface area contributed by atoms with Crippen molar-refractivity contribution in [1.82, 2.24) is 10.2 Å². The number of aromatic nitrogens is 2. The second kappa shape index (κ2) is 5.05. The molecule has 21 heavy (non-hydrogen) atoms. The fourth-order valence-electron chi connectivity index (χ4n) is 2.24. The van der Waals surface area contributed by atoms with E-state index in [2.05, 4.69) is 20.8 Å². The monoisotopic (exact) mass is 284 g/mol. The summed E-state index contributed by atoms with van der Waals surface area (Å²) in [5, 5.41) is 12.4. The third kappa shape index (κ3) is 2.65. The summed E-state index contributed by atoms with van der Waals surface area (Å²) in [5.74, 6) is 0.517. The number of aromatic amines is 1. The third-order valence-corrected chi connectivity index (χ3v) is 3.46. The number of nitrogens with zero attached hydrogens (tertiary/aromatic N) is 1. The SMILES string of the molecule is CC(C)c1cc(NC(=O)c2ccc3c(c2)NC(=O)C3)n[nH]1. The Labute approximate surface area is 121 Å². The highest BCUT2D eigenvalue weighted by atomic mass is 16.2. The zero-order valence-corrected chi connectivity index (χ0v) is 11.9. The lowest BCUT2D eigenvalue weighted by molar-refractivity contribution is -0.115. The predicted molar refractivity (Wildman–Crippen MR) is 79.4 cm³/mol. The van der Waals surface area contributed by atoms with Crippen molar-refractivity contribution in [3.8, 4) is 0 Å². The maximum atomic E-state index is 12.2. The molecule has 1 aliphatic rings. The van der Waals surface area contributed by atoms with Gasteiger partial charge in [0.1, 0.15) is 0 Å². The van der Waals surface area contributed by atoms with Gasteiger partial charge in [-0.25, -0.2) is 0 Å². The van der Waals surface area contributed by atoms with Gasteiger partial charge in [-0.15, -0.1) is 0 Å². The predicted octanol–water partition coefficient (Wildman–Crippen LogP) is 2.28. The van der Waals surface area contributed by atoms with Crippen molar-refractivity contribution in [2.45, 2.75) is 26.2 Å². The minimum absolute atomic E-state index is 0.0450. The van der Waals surface area contributed by atoms with Crippen LogP contribution in [0.3, 0.4) is 0 Å². The van der Waals surface area contributed by atoms with E-state index in [1.807, 2.05) is 19.9 Å². The molecule has 108 valence electrons. The van der Waals surface area contributed by atoms with Gasteiger partial charge in [0.2, 0.25) is 5.91 Å². The van der Waals surface area contributed by atoms with Crippen molar-refractivity contribution < 1.29 is 9.59 Å². The molecule has 2 amide bonds. The van der Waals surface area contributed by atoms with Gasteiger partial charge in [-0.3, -0.25) is 14.7 Å². The first-order valence-corrected chi connectivity index (χ1v) is 6.82. The Morgan fingerprint density at radius 1 is 1.33 bits per heavy atom. The van der Waals surface area contributed by atoms with E-state index in [4.69, 9.17) is 0 Å². The summed E-state index contributed by atoms with van der Waals surface area (Å²) in [4.78, 5) is 23.5. The summed E-state index contributed by atoms with van der Waals surface area (Å²) in [6.07, 6.45) is 0.369. The van der Waals surface area contributed by atoms with Gasteiger partial charge in [0, 0.05) is 23.0 Å². The molecule has 2 aromatic rings. The van der Waals surface area contributed by atoms with Crippen LogP contribution in [-0.4, -0.2) is 22.0 Å². The van der Waals surface area contributed by atoms with Crippen LogP contribution in [-0.2, 0) is 11.2 Å². The van der Waals surface area contributed by atoms with Crippen LogP contribution in [0, 0.1) is 0 Å². The topological polar surface area (TPSA) is 86.9 Å². The summed E-state index contributed by atoms with van der Waals surface area (Å²) >= 11 is 0. The lowest BCUT2D eigenvalue weighted by Gasteiger charge is -2.04. The number of carbonyl (C=O) groups is 2. The van der Waals surface area contributed by atoms with Crippen LogP contribution in [0.2, 0.25) is 0 Å². The first kappa shape index (κ1) is 13.4. The second-order valence-electron chi connectivity index (χ2n) is 5.41. The molecule has 0 saturated heterocycles. The molecule has 1 aromatic heterocycles. The molecule has 0 fully saturated rings. The number of fused-ring (bicyclic) bond motifs is 1. The van der Waals surface area contributed by atoms with Gasteiger partial charge in [-0.2, -0.15) is 5.10 Å². The Bertz CT molecular complexity index is 718. The number of rotatable bonds is 3. The molecule has 0 radical (unpaired) electrons. The van der Waals surface area contributed by atoms with Crippen LogP contribution < -0.4 is 10.6 Å². The van der Waals surface area contributed by atoms with Gasteiger partial charge in [0.25, 0.3) is 5.91 Å². The third-order valence-electron chi connectivity index (χ3n) is 3.46. The maximum absolute atomic E-state index is 12.2. The molecule has 0 aliphatic carbocycles. The van der Waals surface area contributed by atoms with Crippen LogP contribution in [0.15, 0.2) is 24.3 Å². The largest absolute Gasteiger partial charge is 0.326 e. The molecule has 6 nitrogen and oxygen atoms in total. The Balaban J connectivity index is 1.76. The molecule has 1 aliphatic heterocycles. The molecule has 0 spiro atoms. The van der Waals surface area contributed by atoms with E-state index < -0.39 is 0 Å². The molecule has 2 heterocycles. The van der Waals surface area contributed by atoms with Gasteiger partial charge in [-0.05, 0) is 23.6 Å². The molecule has 3 rings (SSSR count). The van der Waals surface area contributed by atoms with Crippen molar-refractivity contribution in [2.24, 2.45) is 0 Å². The van der Waals surface area contributed by atoms with E-state index in [1.54, 1.807) is 18.2 Å². The fourth-order valence-corrected chi connectivity index (χ4v) is 2.24. The van der Waals surface area contributed by atoms with E-state index in [0.717, 1.165) is 11.3 Å². The number of carbonyl (C=O) groups excluding carboxylic acids is 2. The Hall–Kier alpha value is -2.63. The summed E-state index contributed by atoms with van der Waals surface area (Å²) in [6, 6.07) is 7.01. The van der Waals surface area contributed by atoms with E-state index in [9.17, 15) is 9.59 Å². The molecular formula is C15H16N4O2. The molecule has 0 atom stereocenters. The van der Waals surface area contributed by atoms with Gasteiger partial charge >= 0.3 is 0 Å². The maximum Gasteiger partial charge on any atom is 0.256 e. The number of hydrogen-bond donors (Lipinski definition) is 3. The van der Waals surface area contributed by atoms with Gasteiger partial charge < -0.3 is 10.6 Å². The molecule has 0 saturated carbocycles. The number of benzene rings is 1. The average Bonchev–Trinajstić information content (AvgIpc) is 3.02. The fraction of sp³-hybridized carbons (Fsp3) is 0.267. The van der Waals surface area contributed by atoms with E-state index >= 15 is 0 Å². The van der Waals surface area contributed by atoms with Crippen molar-refractivity contribution in [2.75, 3.05) is 10.6 Å². The van der Waals surface area contributed by atoms with Gasteiger partial charge in [-0.1, -0.05) is 19.9 Å². The smallest absolute Gasteiger partial charge is 0.256 e. The number of anilines is 2. The highest BCUT2D eigenvalue weighted by Crippen LogP contribution is 2.24. The molecule has 0 bridgehead atoms. The van der Waals surface area contributed by atoms with Crippen LogP contribution in [0.1, 0.15) is 41.4 Å². The van der Waals surface area contributed by atoms with Crippen molar-refractivity contribution in [3.63, 3.8) is 0 Å². The Morgan fingerprint density at radius 3 is 2.86 bits per heavy atom. The summed E-state index contributed by atoms with van der Waals surface area (Å²) in [6.45, 7) is 4.09. The minimum atomic E-state index is -0.249. The molecular weight excluding hydrogens is 268 g/mol. The van der Waals surface area contributed by atoms with E-state index in [0.29, 0.717) is 29.4 Å². The van der Waals surface area contributed by atoms with Crippen LogP contribution in [0.4, 0.5) is 11.5 Å². The summed E-state index contributed by atoms with van der Waals surface area (Å²) < 4.78 is 0. The quantitative estimate of drug-likeness (QED) is 0.808. The van der Waals surface area contributed by atoms with Crippen LogP contribution >= 0.6 is 0 Å². The molecule has 0 unspecified atom stereocenters. The highest BCUT2D eigenvalue weighted by molar-refractivity contribution is 6.06. The standard InChI is InChI=1S/C15H16N4O2/c1-8(2)11-7-13(19-18-11)17-15(21)10-4-3-9-6-14(20)16-12(9)5-10/h3-5,7-8H,6H2,1-2H3,(H,16,20)(H2,17,18,19,21).